The second-order valence-electron chi connectivity index (χ2n) is 10.2. The van der Waals surface area contributed by atoms with Gasteiger partial charge in [-0.25, -0.2) is 4.79 Å². The molecule has 3 atom stereocenters. The van der Waals surface area contributed by atoms with Crippen molar-refractivity contribution in [1.29, 1.82) is 0 Å². The molecule has 0 fully saturated rings. The summed E-state index contributed by atoms with van der Waals surface area (Å²) in [5.41, 5.74) is 2.94. The Bertz CT molecular complexity index is 1280. The molecule has 208 valence electrons. The lowest BCUT2D eigenvalue weighted by Gasteiger charge is -2.38. The standard InChI is InChI=1S/C28H36N6O5/c1-17-13-34(18(2)16-35)27(36)23-12-22(30-28(37)31-26-19(3)32-39-20(26)4)6-7-24(23)38-25(17)15-33(5)14-21-8-10-29-11-9-21/h6-12,17-18,25,35H,13-16H2,1-5H3,(H2,30,31,37)/t17-,18+,25+/m0/s1. The molecular formula is C28H36N6O5. The number of nitrogens with one attached hydrogen (secondary N) is 2. The van der Waals surface area contributed by atoms with Gasteiger partial charge in [0.25, 0.3) is 5.91 Å². The molecule has 1 aliphatic heterocycles. The number of rotatable bonds is 8. The van der Waals surface area contributed by atoms with E-state index < -0.39 is 6.03 Å². The third-order valence-corrected chi connectivity index (χ3v) is 6.89. The van der Waals surface area contributed by atoms with E-state index in [2.05, 4.69) is 32.6 Å². The Morgan fingerprint density at radius 2 is 1.97 bits per heavy atom. The van der Waals surface area contributed by atoms with Crippen molar-refractivity contribution in [2.45, 2.75) is 46.4 Å². The smallest absolute Gasteiger partial charge is 0.323 e. The second kappa shape index (κ2) is 12.3. The van der Waals surface area contributed by atoms with Gasteiger partial charge in [0, 0.05) is 43.6 Å². The molecule has 1 aliphatic rings. The van der Waals surface area contributed by atoms with Gasteiger partial charge in [-0.3, -0.25) is 14.7 Å². The van der Waals surface area contributed by atoms with Gasteiger partial charge in [-0.05, 0) is 63.7 Å². The van der Waals surface area contributed by atoms with E-state index in [1.54, 1.807) is 49.3 Å². The number of anilines is 2. The van der Waals surface area contributed by atoms with Gasteiger partial charge in [-0.1, -0.05) is 12.1 Å². The first-order chi connectivity index (χ1) is 18.7. The van der Waals surface area contributed by atoms with Crippen LogP contribution in [0.1, 0.15) is 41.2 Å². The second-order valence-corrected chi connectivity index (χ2v) is 10.2. The number of benzene rings is 1. The maximum absolute atomic E-state index is 13.7. The lowest BCUT2D eigenvalue weighted by atomic mass is 9.99. The van der Waals surface area contributed by atoms with Crippen LogP contribution in [0.4, 0.5) is 16.2 Å². The largest absolute Gasteiger partial charge is 0.488 e. The molecule has 4 rings (SSSR count). The summed E-state index contributed by atoms with van der Waals surface area (Å²) in [6, 6.07) is 8.09. The van der Waals surface area contributed by atoms with E-state index in [-0.39, 0.29) is 30.6 Å². The van der Waals surface area contributed by atoms with Gasteiger partial charge in [0.05, 0.1) is 18.2 Å². The first-order valence-electron chi connectivity index (χ1n) is 13.0. The molecule has 0 radical (unpaired) electrons. The quantitative estimate of drug-likeness (QED) is 0.397. The summed E-state index contributed by atoms with van der Waals surface area (Å²) in [6.45, 7) is 8.90. The van der Waals surface area contributed by atoms with Crippen LogP contribution >= 0.6 is 0 Å². The molecule has 1 aromatic carbocycles. The maximum atomic E-state index is 13.7. The van der Waals surface area contributed by atoms with Crippen LogP contribution < -0.4 is 15.4 Å². The Kier molecular flexibility index (Phi) is 8.82. The summed E-state index contributed by atoms with van der Waals surface area (Å²) in [7, 11) is 2.03. The number of pyridine rings is 1. The molecule has 0 aliphatic carbocycles. The molecule has 3 aromatic rings. The molecule has 11 heteroatoms. The Balaban J connectivity index is 1.57. The number of carbonyl (C=O) groups excluding carboxylic acids is 2. The summed E-state index contributed by atoms with van der Waals surface area (Å²) >= 11 is 0. The molecule has 0 saturated carbocycles. The average Bonchev–Trinajstić information content (AvgIpc) is 3.23. The third-order valence-electron chi connectivity index (χ3n) is 6.89. The minimum absolute atomic E-state index is 0.00498. The van der Waals surface area contributed by atoms with Crippen molar-refractivity contribution in [2.24, 2.45) is 5.92 Å². The number of fused-ring (bicyclic) bond motifs is 1. The normalized spacial score (nSPS) is 18.1. The SMILES string of the molecule is Cc1noc(C)c1NC(=O)Nc1ccc2c(c1)C(=O)N([C@H](C)CO)C[C@H](C)[C@@H](CN(C)Cc1ccncc1)O2. The highest BCUT2D eigenvalue weighted by molar-refractivity contribution is 6.03. The van der Waals surface area contributed by atoms with Crippen molar-refractivity contribution in [3.63, 3.8) is 0 Å². The number of hydrogen-bond donors (Lipinski definition) is 3. The van der Waals surface area contributed by atoms with E-state index in [4.69, 9.17) is 9.26 Å². The number of urea groups is 1. The van der Waals surface area contributed by atoms with Gasteiger partial charge in [-0.2, -0.15) is 0 Å². The minimum atomic E-state index is -0.492. The van der Waals surface area contributed by atoms with Crippen LogP contribution in [0.3, 0.4) is 0 Å². The molecule has 3 heterocycles. The van der Waals surface area contributed by atoms with Crippen molar-refractivity contribution in [2.75, 3.05) is 37.4 Å². The Labute approximate surface area is 228 Å². The number of likely N-dealkylation sites (N-methyl/N-ethyl adjacent to an activating group) is 1. The number of aryl methyl sites for hydroxylation is 2. The maximum Gasteiger partial charge on any atom is 0.323 e. The highest BCUT2D eigenvalue weighted by Gasteiger charge is 2.33. The van der Waals surface area contributed by atoms with Crippen LogP contribution in [0.2, 0.25) is 0 Å². The monoisotopic (exact) mass is 536 g/mol. The lowest BCUT2D eigenvalue weighted by molar-refractivity contribution is 0.0341. The van der Waals surface area contributed by atoms with Gasteiger partial charge in [-0.15, -0.1) is 0 Å². The molecule has 3 amide bonds. The topological polar surface area (TPSA) is 133 Å². The van der Waals surface area contributed by atoms with E-state index in [0.29, 0.717) is 47.2 Å². The number of hydrogen-bond acceptors (Lipinski definition) is 8. The summed E-state index contributed by atoms with van der Waals surface area (Å²) in [4.78, 5) is 34.3. The molecular weight excluding hydrogens is 500 g/mol. The third kappa shape index (κ3) is 6.73. The first kappa shape index (κ1) is 28.1. The zero-order valence-electron chi connectivity index (χ0n) is 23.0. The number of carbonyl (C=O) groups is 2. The number of aliphatic hydroxyl groups excluding tert-OH is 1. The predicted octanol–water partition coefficient (Wildman–Crippen LogP) is 3.68. The molecule has 0 bridgehead atoms. The number of aromatic nitrogens is 2. The van der Waals surface area contributed by atoms with Crippen molar-refractivity contribution in [3.05, 3.63) is 65.3 Å². The summed E-state index contributed by atoms with van der Waals surface area (Å²) in [6.07, 6.45) is 3.32. The van der Waals surface area contributed by atoms with E-state index in [0.717, 1.165) is 12.1 Å². The van der Waals surface area contributed by atoms with Crippen LogP contribution in [0.5, 0.6) is 5.75 Å². The van der Waals surface area contributed by atoms with Gasteiger partial charge in [0.15, 0.2) is 5.76 Å². The summed E-state index contributed by atoms with van der Waals surface area (Å²) in [5.74, 6) is 0.652. The molecule has 0 saturated heterocycles. The first-order valence-corrected chi connectivity index (χ1v) is 13.0. The highest BCUT2D eigenvalue weighted by atomic mass is 16.5. The fourth-order valence-electron chi connectivity index (χ4n) is 4.63. The Morgan fingerprint density at radius 1 is 1.23 bits per heavy atom. The summed E-state index contributed by atoms with van der Waals surface area (Å²) in [5, 5.41) is 19.2. The zero-order chi connectivity index (χ0) is 28.1. The molecule has 39 heavy (non-hydrogen) atoms. The van der Waals surface area contributed by atoms with Gasteiger partial charge in [0.2, 0.25) is 0 Å². The molecule has 0 unspecified atom stereocenters. The van der Waals surface area contributed by atoms with Crippen LogP contribution in [0.15, 0.2) is 47.2 Å². The van der Waals surface area contributed by atoms with Crippen LogP contribution in [0, 0.1) is 19.8 Å². The van der Waals surface area contributed by atoms with Crippen molar-refractivity contribution in [1.82, 2.24) is 19.9 Å². The van der Waals surface area contributed by atoms with Crippen molar-refractivity contribution in [3.8, 4) is 5.75 Å². The van der Waals surface area contributed by atoms with Gasteiger partial charge >= 0.3 is 6.03 Å². The Morgan fingerprint density at radius 3 is 2.64 bits per heavy atom. The number of aliphatic hydroxyl groups is 1. The summed E-state index contributed by atoms with van der Waals surface area (Å²) < 4.78 is 11.6. The molecule has 2 aromatic heterocycles. The molecule has 11 nitrogen and oxygen atoms in total. The van der Waals surface area contributed by atoms with E-state index in [1.165, 1.54) is 0 Å². The van der Waals surface area contributed by atoms with Gasteiger partial charge < -0.3 is 29.9 Å². The molecule has 3 N–H and O–H groups in total. The van der Waals surface area contributed by atoms with E-state index >= 15 is 0 Å². The van der Waals surface area contributed by atoms with E-state index in [9.17, 15) is 14.7 Å². The van der Waals surface area contributed by atoms with Crippen LogP contribution in [-0.2, 0) is 6.54 Å². The van der Waals surface area contributed by atoms with Crippen LogP contribution in [-0.4, -0.2) is 75.9 Å². The van der Waals surface area contributed by atoms with Crippen LogP contribution in [0.25, 0.3) is 0 Å². The number of ether oxygens (including phenoxy) is 1. The predicted molar refractivity (Wildman–Crippen MR) is 147 cm³/mol. The van der Waals surface area contributed by atoms with Crippen molar-refractivity contribution >= 4 is 23.3 Å². The fourth-order valence-corrected chi connectivity index (χ4v) is 4.63. The van der Waals surface area contributed by atoms with Crippen molar-refractivity contribution < 1.29 is 24.0 Å². The molecule has 0 spiro atoms. The zero-order valence-corrected chi connectivity index (χ0v) is 23.0. The average molecular weight is 537 g/mol. The highest BCUT2D eigenvalue weighted by Crippen LogP contribution is 2.31. The van der Waals surface area contributed by atoms with E-state index in [1.807, 2.05) is 26.1 Å². The fraction of sp³-hybridized carbons (Fsp3) is 0.429. The lowest BCUT2D eigenvalue weighted by Crippen LogP contribution is -2.49. The Hall–Kier alpha value is -3.96. The number of amides is 3. The number of nitrogens with zero attached hydrogens (tertiary/aromatic N) is 4. The van der Waals surface area contributed by atoms with Gasteiger partial charge in [0.1, 0.15) is 23.2 Å². The minimum Gasteiger partial charge on any atom is -0.488 e.